The third kappa shape index (κ3) is 2.99. The summed E-state index contributed by atoms with van der Waals surface area (Å²) in [5.41, 5.74) is 1.29. The summed E-state index contributed by atoms with van der Waals surface area (Å²) < 4.78 is 5.27. The van der Waals surface area contributed by atoms with Gasteiger partial charge in [-0.3, -0.25) is 9.59 Å². The highest BCUT2D eigenvalue weighted by Crippen LogP contribution is 2.32. The highest BCUT2D eigenvalue weighted by Gasteiger charge is 2.40. The fourth-order valence-electron chi connectivity index (χ4n) is 3.34. The number of rotatable bonds is 3. The van der Waals surface area contributed by atoms with Crippen LogP contribution < -0.4 is 0 Å². The Morgan fingerprint density at radius 3 is 2.76 bits per heavy atom. The molecule has 1 amide bonds. The molecule has 1 unspecified atom stereocenters. The molecule has 3 rings (SSSR count). The Morgan fingerprint density at radius 2 is 2.12 bits per heavy atom. The molecule has 1 fully saturated rings. The number of nitrogens with zero attached hydrogens (tertiary/aromatic N) is 3. The van der Waals surface area contributed by atoms with Crippen LogP contribution >= 0.6 is 0 Å². The van der Waals surface area contributed by atoms with Gasteiger partial charge in [-0.15, -0.1) is 0 Å². The molecule has 2 aromatic heterocycles. The molecule has 2 aromatic rings. The first-order valence-corrected chi connectivity index (χ1v) is 8.52. The highest BCUT2D eigenvalue weighted by molar-refractivity contribution is 6.06. The van der Waals surface area contributed by atoms with Crippen molar-refractivity contribution in [3.05, 3.63) is 23.0 Å². The molecule has 0 bridgehead atoms. The Balaban J connectivity index is 2.04. The number of hydrogen-bond acceptors (Lipinski definition) is 5. The quantitative estimate of drug-likeness (QED) is 0.918. The van der Waals surface area contributed by atoms with Crippen molar-refractivity contribution in [1.29, 1.82) is 0 Å². The molecule has 25 heavy (non-hydrogen) atoms. The maximum atomic E-state index is 13.2. The molecule has 3 heterocycles. The number of likely N-dealkylation sites (tertiary alicyclic amines) is 1. The minimum atomic E-state index is -0.912. The fraction of sp³-hybridized carbons (Fsp3) is 0.556. The Kier molecular flexibility index (Phi) is 4.26. The average Bonchev–Trinajstić information content (AvgIpc) is 2.94. The largest absolute Gasteiger partial charge is 0.481 e. The van der Waals surface area contributed by atoms with Gasteiger partial charge in [0.2, 0.25) is 0 Å². The summed E-state index contributed by atoms with van der Waals surface area (Å²) >= 11 is 0. The van der Waals surface area contributed by atoms with Crippen LogP contribution in [0.25, 0.3) is 11.1 Å². The number of aliphatic carboxylic acids is 1. The van der Waals surface area contributed by atoms with Crippen LogP contribution in [0.3, 0.4) is 0 Å². The first-order chi connectivity index (χ1) is 11.7. The molecule has 0 aromatic carbocycles. The van der Waals surface area contributed by atoms with Gasteiger partial charge in [0.15, 0.2) is 0 Å². The van der Waals surface area contributed by atoms with Gasteiger partial charge in [0, 0.05) is 18.8 Å². The molecule has 7 nitrogen and oxygen atoms in total. The zero-order valence-corrected chi connectivity index (χ0v) is 15.0. The summed E-state index contributed by atoms with van der Waals surface area (Å²) in [5, 5.41) is 14.0. The molecule has 1 aliphatic rings. The van der Waals surface area contributed by atoms with Crippen molar-refractivity contribution in [2.24, 2.45) is 5.41 Å². The zero-order valence-electron chi connectivity index (χ0n) is 15.0. The number of aromatic nitrogens is 2. The van der Waals surface area contributed by atoms with Crippen molar-refractivity contribution < 1.29 is 19.2 Å². The number of carbonyl (C=O) groups is 2. The zero-order chi connectivity index (χ0) is 18.4. The normalized spacial score (nSPS) is 21.1. The van der Waals surface area contributed by atoms with Crippen LogP contribution in [0.5, 0.6) is 0 Å². The van der Waals surface area contributed by atoms with Gasteiger partial charge in [0.25, 0.3) is 11.6 Å². The van der Waals surface area contributed by atoms with Gasteiger partial charge in [-0.25, -0.2) is 4.98 Å². The molecule has 0 aliphatic carbocycles. The molecular weight excluding hydrogens is 322 g/mol. The number of amides is 1. The Hall–Kier alpha value is -2.44. The summed E-state index contributed by atoms with van der Waals surface area (Å²) in [4.78, 5) is 30.8. The van der Waals surface area contributed by atoms with Gasteiger partial charge in [0.1, 0.15) is 0 Å². The minimum Gasteiger partial charge on any atom is -0.481 e. The summed E-state index contributed by atoms with van der Waals surface area (Å²) in [6.07, 6.45) is 1.24. The van der Waals surface area contributed by atoms with E-state index in [-0.39, 0.29) is 18.4 Å². The van der Waals surface area contributed by atoms with Crippen molar-refractivity contribution in [3.8, 4) is 0 Å². The summed E-state index contributed by atoms with van der Waals surface area (Å²) in [7, 11) is 0. The number of hydrogen-bond donors (Lipinski definition) is 1. The van der Waals surface area contributed by atoms with E-state index in [0.717, 1.165) is 5.69 Å². The average molecular weight is 345 g/mol. The van der Waals surface area contributed by atoms with Gasteiger partial charge >= 0.3 is 5.97 Å². The van der Waals surface area contributed by atoms with Crippen molar-refractivity contribution >= 4 is 23.0 Å². The predicted octanol–water partition coefficient (Wildman–Crippen LogP) is 2.98. The van der Waals surface area contributed by atoms with Crippen LogP contribution in [-0.2, 0) is 4.79 Å². The second kappa shape index (κ2) is 6.13. The smallest absolute Gasteiger partial charge is 0.311 e. The van der Waals surface area contributed by atoms with Crippen molar-refractivity contribution in [1.82, 2.24) is 15.0 Å². The molecule has 1 N–H and O–H groups in total. The standard InChI is InChI=1S/C18H23N3O4/c1-10(2)13-8-12(14-11(3)20-25-15(14)19-13)16(22)21-7-5-6-18(4,9-21)17(23)24/h8,10H,5-7,9H2,1-4H3,(H,23,24). The molecule has 0 spiro atoms. The summed E-state index contributed by atoms with van der Waals surface area (Å²) in [5.74, 6) is -0.923. The first kappa shape index (κ1) is 17.4. The van der Waals surface area contributed by atoms with E-state index >= 15 is 0 Å². The number of pyridine rings is 1. The van der Waals surface area contributed by atoms with E-state index in [4.69, 9.17) is 4.52 Å². The van der Waals surface area contributed by atoms with E-state index in [1.165, 1.54) is 0 Å². The Morgan fingerprint density at radius 1 is 1.40 bits per heavy atom. The number of carboxylic acids is 1. The lowest BCUT2D eigenvalue weighted by Crippen LogP contribution is -2.48. The van der Waals surface area contributed by atoms with E-state index in [1.807, 2.05) is 13.8 Å². The maximum absolute atomic E-state index is 13.2. The second-order valence-corrected chi connectivity index (χ2v) is 7.39. The number of aryl methyl sites for hydroxylation is 1. The van der Waals surface area contributed by atoms with E-state index in [0.29, 0.717) is 41.7 Å². The summed E-state index contributed by atoms with van der Waals surface area (Å²) in [6, 6.07) is 1.78. The van der Waals surface area contributed by atoms with Gasteiger partial charge in [0.05, 0.1) is 22.1 Å². The van der Waals surface area contributed by atoms with Crippen LogP contribution in [0, 0.1) is 12.3 Å². The topological polar surface area (TPSA) is 96.5 Å². The van der Waals surface area contributed by atoms with Crippen LogP contribution in [-0.4, -0.2) is 45.1 Å². The van der Waals surface area contributed by atoms with Crippen LogP contribution in [0.1, 0.15) is 61.3 Å². The van der Waals surface area contributed by atoms with E-state index in [2.05, 4.69) is 10.1 Å². The predicted molar refractivity (Wildman–Crippen MR) is 91.5 cm³/mol. The molecule has 134 valence electrons. The minimum absolute atomic E-state index is 0.131. The molecule has 0 radical (unpaired) electrons. The fourth-order valence-corrected chi connectivity index (χ4v) is 3.34. The van der Waals surface area contributed by atoms with Crippen molar-refractivity contribution in [2.75, 3.05) is 13.1 Å². The Labute approximate surface area is 146 Å². The maximum Gasteiger partial charge on any atom is 0.311 e. The molecule has 7 heteroatoms. The molecule has 1 saturated heterocycles. The van der Waals surface area contributed by atoms with Crippen LogP contribution in [0.15, 0.2) is 10.6 Å². The SMILES string of the molecule is Cc1noc2nc(C(C)C)cc(C(=O)N3CCCC(C)(C(=O)O)C3)c12. The lowest BCUT2D eigenvalue weighted by Gasteiger charge is -2.37. The van der Waals surface area contributed by atoms with Crippen LogP contribution in [0.4, 0.5) is 0 Å². The molecule has 0 saturated carbocycles. The monoisotopic (exact) mass is 345 g/mol. The molecule has 1 aliphatic heterocycles. The van der Waals surface area contributed by atoms with Gasteiger partial charge < -0.3 is 14.5 Å². The molecule has 1 atom stereocenters. The van der Waals surface area contributed by atoms with Crippen LogP contribution in [0.2, 0.25) is 0 Å². The van der Waals surface area contributed by atoms with E-state index < -0.39 is 11.4 Å². The van der Waals surface area contributed by atoms with Gasteiger partial charge in [-0.1, -0.05) is 19.0 Å². The van der Waals surface area contributed by atoms with Gasteiger partial charge in [-0.05, 0) is 38.7 Å². The van der Waals surface area contributed by atoms with E-state index in [1.54, 1.807) is 24.8 Å². The van der Waals surface area contributed by atoms with Gasteiger partial charge in [-0.2, -0.15) is 0 Å². The van der Waals surface area contributed by atoms with Crippen molar-refractivity contribution in [2.45, 2.75) is 46.5 Å². The Bertz CT molecular complexity index is 842. The third-order valence-electron chi connectivity index (χ3n) is 4.96. The van der Waals surface area contributed by atoms with Crippen molar-refractivity contribution in [3.63, 3.8) is 0 Å². The highest BCUT2D eigenvalue weighted by atomic mass is 16.5. The molecular formula is C18H23N3O4. The number of fused-ring (bicyclic) bond motifs is 1. The number of piperidine rings is 1. The van der Waals surface area contributed by atoms with E-state index in [9.17, 15) is 14.7 Å². The lowest BCUT2D eigenvalue weighted by atomic mass is 9.82. The second-order valence-electron chi connectivity index (χ2n) is 7.39. The first-order valence-electron chi connectivity index (χ1n) is 8.52. The number of carbonyl (C=O) groups excluding carboxylic acids is 1. The lowest BCUT2D eigenvalue weighted by molar-refractivity contribution is -0.150. The third-order valence-corrected chi connectivity index (χ3v) is 4.96. The number of carboxylic acid groups (broad SMARTS) is 1. The summed E-state index contributed by atoms with van der Waals surface area (Å²) in [6.45, 7) is 8.21.